The Morgan fingerprint density at radius 1 is 1.40 bits per heavy atom. The van der Waals surface area contributed by atoms with E-state index in [1.165, 1.54) is 19.3 Å². The van der Waals surface area contributed by atoms with Crippen LogP contribution in [0, 0.1) is 11.3 Å². The number of rotatable bonds is 3. The summed E-state index contributed by atoms with van der Waals surface area (Å²) in [6.07, 6.45) is 3.83. The first kappa shape index (κ1) is 8.02. The molecule has 10 heavy (non-hydrogen) atoms. The summed E-state index contributed by atoms with van der Waals surface area (Å²) in [5.74, 6) is 0.808. The Bertz CT molecular complexity index is 100. The van der Waals surface area contributed by atoms with Gasteiger partial charge in [-0.05, 0) is 37.3 Å². The van der Waals surface area contributed by atoms with E-state index in [0.29, 0.717) is 5.41 Å². The molecule has 0 amide bonds. The molecule has 60 valence electrons. The molecule has 4 N–H and O–H groups in total. The number of hydrogen-bond acceptors (Lipinski definition) is 2. The van der Waals surface area contributed by atoms with Crippen molar-refractivity contribution < 1.29 is 0 Å². The van der Waals surface area contributed by atoms with E-state index < -0.39 is 0 Å². The fourth-order valence-electron chi connectivity index (χ4n) is 2.01. The van der Waals surface area contributed by atoms with Gasteiger partial charge in [0.15, 0.2) is 0 Å². The maximum absolute atomic E-state index is 5.67. The minimum absolute atomic E-state index is 0.328. The van der Waals surface area contributed by atoms with Gasteiger partial charge >= 0.3 is 0 Å². The quantitative estimate of drug-likeness (QED) is 0.609. The van der Waals surface area contributed by atoms with Gasteiger partial charge in [-0.2, -0.15) is 0 Å². The van der Waals surface area contributed by atoms with Crippen molar-refractivity contribution >= 4 is 0 Å². The van der Waals surface area contributed by atoms with Gasteiger partial charge in [0.05, 0.1) is 0 Å². The van der Waals surface area contributed by atoms with Gasteiger partial charge < -0.3 is 11.5 Å². The van der Waals surface area contributed by atoms with E-state index >= 15 is 0 Å². The van der Waals surface area contributed by atoms with Crippen LogP contribution in [0.2, 0.25) is 0 Å². The fourth-order valence-corrected chi connectivity index (χ4v) is 2.01. The molecule has 0 heterocycles. The highest BCUT2D eigenvalue weighted by Crippen LogP contribution is 2.46. The zero-order valence-corrected chi connectivity index (χ0v) is 6.77. The molecule has 0 aliphatic heterocycles. The van der Waals surface area contributed by atoms with Crippen LogP contribution in [0.15, 0.2) is 0 Å². The Hall–Kier alpha value is -0.0800. The van der Waals surface area contributed by atoms with E-state index in [1.54, 1.807) is 0 Å². The minimum Gasteiger partial charge on any atom is -0.330 e. The molecule has 1 unspecified atom stereocenters. The van der Waals surface area contributed by atoms with E-state index in [1.807, 2.05) is 0 Å². The third kappa shape index (κ3) is 0.956. The van der Waals surface area contributed by atoms with Gasteiger partial charge in [-0.25, -0.2) is 0 Å². The average Bonchev–Trinajstić information content (AvgIpc) is 1.90. The van der Waals surface area contributed by atoms with Crippen LogP contribution in [0.25, 0.3) is 0 Å². The van der Waals surface area contributed by atoms with Crippen LogP contribution < -0.4 is 11.5 Å². The van der Waals surface area contributed by atoms with Crippen molar-refractivity contribution in [2.45, 2.75) is 26.2 Å². The molecule has 1 rings (SSSR count). The Labute approximate surface area is 63.0 Å². The molecular formula is C8H18N2. The summed E-state index contributed by atoms with van der Waals surface area (Å²) < 4.78 is 0. The van der Waals surface area contributed by atoms with Gasteiger partial charge in [-0.1, -0.05) is 13.3 Å². The lowest BCUT2D eigenvalue weighted by molar-refractivity contribution is 0.0458. The fraction of sp³-hybridized carbons (Fsp3) is 1.00. The van der Waals surface area contributed by atoms with Crippen LogP contribution >= 0.6 is 0 Å². The average molecular weight is 142 g/mol. The summed E-state index contributed by atoms with van der Waals surface area (Å²) >= 11 is 0. The first-order chi connectivity index (χ1) is 4.79. The van der Waals surface area contributed by atoms with Crippen molar-refractivity contribution in [3.8, 4) is 0 Å². The van der Waals surface area contributed by atoms with Gasteiger partial charge in [-0.3, -0.25) is 0 Å². The van der Waals surface area contributed by atoms with E-state index in [2.05, 4.69) is 6.92 Å². The lowest BCUT2D eigenvalue weighted by Gasteiger charge is -2.48. The van der Waals surface area contributed by atoms with Gasteiger partial charge in [0.25, 0.3) is 0 Å². The zero-order valence-electron chi connectivity index (χ0n) is 6.77. The molecule has 0 aromatic carbocycles. The Morgan fingerprint density at radius 2 is 2.00 bits per heavy atom. The van der Waals surface area contributed by atoms with E-state index in [4.69, 9.17) is 11.5 Å². The van der Waals surface area contributed by atoms with Crippen molar-refractivity contribution in [2.75, 3.05) is 13.1 Å². The maximum Gasteiger partial charge on any atom is -0.000577 e. The molecule has 1 fully saturated rings. The van der Waals surface area contributed by atoms with Crippen molar-refractivity contribution in [2.24, 2.45) is 22.8 Å². The molecule has 0 radical (unpaired) electrons. The maximum atomic E-state index is 5.67. The summed E-state index contributed by atoms with van der Waals surface area (Å²) in [6, 6.07) is 0. The largest absolute Gasteiger partial charge is 0.330 e. The van der Waals surface area contributed by atoms with Crippen LogP contribution in [0.4, 0.5) is 0 Å². The summed E-state index contributed by atoms with van der Waals surface area (Å²) in [6.45, 7) is 3.79. The monoisotopic (exact) mass is 142 g/mol. The second-order valence-corrected chi connectivity index (χ2v) is 3.41. The first-order valence-corrected chi connectivity index (χ1v) is 4.19. The van der Waals surface area contributed by atoms with Crippen molar-refractivity contribution in [3.63, 3.8) is 0 Å². The third-order valence-corrected chi connectivity index (χ3v) is 3.16. The number of hydrogen-bond donors (Lipinski definition) is 2. The molecule has 0 aromatic rings. The normalized spacial score (nSPS) is 29.7. The molecule has 0 bridgehead atoms. The summed E-state index contributed by atoms with van der Waals surface area (Å²) in [4.78, 5) is 0. The Morgan fingerprint density at radius 3 is 2.10 bits per heavy atom. The highest BCUT2D eigenvalue weighted by Gasteiger charge is 2.42. The molecule has 0 aromatic heterocycles. The molecule has 1 atom stereocenters. The van der Waals surface area contributed by atoms with Gasteiger partial charge in [0, 0.05) is 0 Å². The molecule has 0 saturated heterocycles. The predicted octanol–water partition coefficient (Wildman–Crippen LogP) is 0.710. The SMILES string of the molecule is CCC1CCC1(CN)CN. The van der Waals surface area contributed by atoms with Crippen LogP contribution in [0.5, 0.6) is 0 Å². The van der Waals surface area contributed by atoms with E-state index in [0.717, 1.165) is 19.0 Å². The highest BCUT2D eigenvalue weighted by molar-refractivity contribution is 4.96. The van der Waals surface area contributed by atoms with Gasteiger partial charge in [0.1, 0.15) is 0 Å². The second kappa shape index (κ2) is 2.89. The molecule has 1 saturated carbocycles. The van der Waals surface area contributed by atoms with Crippen molar-refractivity contribution in [1.29, 1.82) is 0 Å². The topological polar surface area (TPSA) is 52.0 Å². The summed E-state index contributed by atoms with van der Waals surface area (Å²) in [7, 11) is 0. The standard InChI is InChI=1S/C8H18N2/c1-2-7-3-4-8(7,5-9)6-10/h7H,2-6,9-10H2,1H3. The van der Waals surface area contributed by atoms with E-state index in [-0.39, 0.29) is 0 Å². The van der Waals surface area contributed by atoms with Gasteiger partial charge in [0.2, 0.25) is 0 Å². The molecule has 1 aliphatic rings. The molecular weight excluding hydrogens is 124 g/mol. The summed E-state index contributed by atoms with van der Waals surface area (Å²) in [5.41, 5.74) is 11.7. The molecule has 2 nitrogen and oxygen atoms in total. The van der Waals surface area contributed by atoms with Crippen LogP contribution in [-0.2, 0) is 0 Å². The number of nitrogens with two attached hydrogens (primary N) is 2. The molecule has 2 heteroatoms. The lowest BCUT2D eigenvalue weighted by atomic mass is 9.59. The summed E-state index contributed by atoms with van der Waals surface area (Å²) in [5, 5.41) is 0. The Balaban J connectivity index is 2.48. The molecule has 1 aliphatic carbocycles. The van der Waals surface area contributed by atoms with Crippen LogP contribution in [0.1, 0.15) is 26.2 Å². The predicted molar refractivity (Wildman–Crippen MR) is 43.6 cm³/mol. The van der Waals surface area contributed by atoms with E-state index in [9.17, 15) is 0 Å². The van der Waals surface area contributed by atoms with Crippen molar-refractivity contribution in [3.05, 3.63) is 0 Å². The lowest BCUT2D eigenvalue weighted by Crippen LogP contribution is -2.50. The van der Waals surface area contributed by atoms with Crippen LogP contribution in [0.3, 0.4) is 0 Å². The second-order valence-electron chi connectivity index (χ2n) is 3.41. The highest BCUT2D eigenvalue weighted by atomic mass is 14.7. The Kier molecular flexibility index (Phi) is 2.32. The third-order valence-electron chi connectivity index (χ3n) is 3.16. The minimum atomic E-state index is 0.328. The van der Waals surface area contributed by atoms with Crippen molar-refractivity contribution in [1.82, 2.24) is 0 Å². The zero-order chi connectivity index (χ0) is 7.61. The molecule has 0 spiro atoms. The first-order valence-electron chi connectivity index (χ1n) is 4.19. The van der Waals surface area contributed by atoms with Gasteiger partial charge in [-0.15, -0.1) is 0 Å². The van der Waals surface area contributed by atoms with Crippen LogP contribution in [-0.4, -0.2) is 13.1 Å². The smallest absolute Gasteiger partial charge is 0.000577 e.